The number of terminal acetylenes is 1. The highest BCUT2D eigenvalue weighted by molar-refractivity contribution is 7.89. The second-order valence-electron chi connectivity index (χ2n) is 5.52. The molecule has 7 nitrogen and oxygen atoms in total. The minimum Gasteiger partial charge on any atom is -0.355 e. The Bertz CT molecular complexity index is 994. The minimum absolute atomic E-state index is 0.0491. The fourth-order valence-corrected chi connectivity index (χ4v) is 3.26. The largest absolute Gasteiger partial charge is 0.355 e. The molecule has 140 valence electrons. The summed E-state index contributed by atoms with van der Waals surface area (Å²) in [4.78, 5) is 24.0. The lowest BCUT2D eigenvalue weighted by molar-refractivity contribution is 0.0948. The zero-order valence-electron chi connectivity index (χ0n) is 14.7. The maximum absolute atomic E-state index is 12.3. The molecule has 0 atom stereocenters. The van der Waals surface area contributed by atoms with E-state index in [1.54, 1.807) is 24.3 Å². The van der Waals surface area contributed by atoms with Crippen LogP contribution in [0.2, 0.25) is 0 Å². The second kappa shape index (κ2) is 8.98. The summed E-state index contributed by atoms with van der Waals surface area (Å²) >= 11 is 0. The summed E-state index contributed by atoms with van der Waals surface area (Å²) in [6.07, 6.45) is 5.06. The number of sulfonamides is 1. The van der Waals surface area contributed by atoms with Gasteiger partial charge in [0, 0.05) is 24.7 Å². The molecule has 0 aliphatic rings. The first-order valence-electron chi connectivity index (χ1n) is 8.00. The SMILES string of the molecule is C#CCNS(=O)(=O)c1cccc(C(=O)NCc2cccc(C(=O)NC)c2)c1. The van der Waals surface area contributed by atoms with Crippen LogP contribution in [0.25, 0.3) is 0 Å². The zero-order chi connectivity index (χ0) is 19.9. The number of amides is 2. The van der Waals surface area contributed by atoms with Crippen LogP contribution in [-0.2, 0) is 16.6 Å². The first-order valence-corrected chi connectivity index (χ1v) is 9.48. The van der Waals surface area contributed by atoms with Crippen LogP contribution in [0.5, 0.6) is 0 Å². The lowest BCUT2D eigenvalue weighted by Crippen LogP contribution is -2.26. The van der Waals surface area contributed by atoms with Crippen molar-refractivity contribution in [2.24, 2.45) is 0 Å². The first kappa shape index (κ1) is 20.2. The summed E-state index contributed by atoms with van der Waals surface area (Å²) in [6, 6.07) is 12.5. The minimum atomic E-state index is -3.78. The van der Waals surface area contributed by atoms with Crippen molar-refractivity contribution in [2.75, 3.05) is 13.6 Å². The van der Waals surface area contributed by atoms with E-state index in [1.807, 2.05) is 0 Å². The van der Waals surface area contributed by atoms with Gasteiger partial charge >= 0.3 is 0 Å². The maximum atomic E-state index is 12.3. The van der Waals surface area contributed by atoms with Gasteiger partial charge in [0.25, 0.3) is 11.8 Å². The highest BCUT2D eigenvalue weighted by atomic mass is 32.2. The Morgan fingerprint density at radius 2 is 1.70 bits per heavy atom. The molecule has 8 heteroatoms. The van der Waals surface area contributed by atoms with Gasteiger partial charge in [-0.25, -0.2) is 8.42 Å². The zero-order valence-corrected chi connectivity index (χ0v) is 15.5. The standard InChI is InChI=1S/C19H19N3O4S/c1-3-10-22-27(25,26)17-9-5-8-16(12-17)19(24)21-13-14-6-4-7-15(11-14)18(23)20-2/h1,4-9,11-12,22H,10,13H2,2H3,(H,20,23)(H,21,24). The third-order valence-electron chi connectivity index (χ3n) is 3.64. The van der Waals surface area contributed by atoms with E-state index in [4.69, 9.17) is 6.42 Å². The van der Waals surface area contributed by atoms with Crippen LogP contribution in [0.1, 0.15) is 26.3 Å². The molecule has 0 bridgehead atoms. The summed E-state index contributed by atoms with van der Waals surface area (Å²) in [6.45, 7) is 0.0520. The van der Waals surface area contributed by atoms with Gasteiger partial charge < -0.3 is 10.6 Å². The average molecular weight is 385 g/mol. The number of carbonyl (C=O) groups excluding carboxylic acids is 2. The number of rotatable bonds is 7. The van der Waals surface area contributed by atoms with Crippen molar-refractivity contribution in [3.8, 4) is 12.3 Å². The molecule has 0 heterocycles. The smallest absolute Gasteiger partial charge is 0.251 e. The van der Waals surface area contributed by atoms with E-state index in [2.05, 4.69) is 21.3 Å². The van der Waals surface area contributed by atoms with Crippen molar-refractivity contribution >= 4 is 21.8 Å². The van der Waals surface area contributed by atoms with Crippen molar-refractivity contribution < 1.29 is 18.0 Å². The molecule has 0 unspecified atom stereocenters. The topological polar surface area (TPSA) is 104 Å². The van der Waals surface area contributed by atoms with Gasteiger partial charge in [-0.2, -0.15) is 4.72 Å². The van der Waals surface area contributed by atoms with Gasteiger partial charge in [-0.3, -0.25) is 9.59 Å². The molecule has 27 heavy (non-hydrogen) atoms. The summed E-state index contributed by atoms with van der Waals surface area (Å²) < 4.78 is 26.4. The molecule has 0 saturated heterocycles. The molecule has 0 spiro atoms. The van der Waals surface area contributed by atoms with Crippen molar-refractivity contribution in [1.82, 2.24) is 15.4 Å². The lowest BCUT2D eigenvalue weighted by atomic mass is 10.1. The molecule has 0 radical (unpaired) electrons. The number of carbonyl (C=O) groups is 2. The molecule has 2 rings (SSSR count). The third kappa shape index (κ3) is 5.41. The Morgan fingerprint density at radius 3 is 2.37 bits per heavy atom. The molecular formula is C19H19N3O4S. The number of hydrogen-bond acceptors (Lipinski definition) is 4. The van der Waals surface area contributed by atoms with Gasteiger partial charge in [0.2, 0.25) is 10.0 Å². The molecule has 2 amide bonds. The van der Waals surface area contributed by atoms with E-state index in [1.165, 1.54) is 31.3 Å². The fourth-order valence-electron chi connectivity index (χ4n) is 2.28. The quantitative estimate of drug-likeness (QED) is 0.616. The number of hydrogen-bond donors (Lipinski definition) is 3. The normalized spacial score (nSPS) is 10.7. The summed E-state index contributed by atoms with van der Waals surface area (Å²) in [5.74, 6) is 1.53. The van der Waals surface area contributed by atoms with E-state index >= 15 is 0 Å². The van der Waals surface area contributed by atoms with Gasteiger partial charge in [-0.1, -0.05) is 24.1 Å². The molecule has 0 saturated carbocycles. The molecule has 3 N–H and O–H groups in total. The summed E-state index contributed by atoms with van der Waals surface area (Å²) in [5, 5.41) is 5.24. The summed E-state index contributed by atoms with van der Waals surface area (Å²) in [5.41, 5.74) is 1.42. The number of benzene rings is 2. The van der Waals surface area contributed by atoms with Crippen molar-refractivity contribution in [1.29, 1.82) is 0 Å². The molecular weight excluding hydrogens is 366 g/mol. The lowest BCUT2D eigenvalue weighted by Gasteiger charge is -2.09. The Labute approximate surface area is 158 Å². The Balaban J connectivity index is 2.10. The van der Waals surface area contributed by atoms with Crippen LogP contribution in [0.4, 0.5) is 0 Å². The Kier molecular flexibility index (Phi) is 6.71. The van der Waals surface area contributed by atoms with E-state index in [0.717, 1.165) is 5.56 Å². The van der Waals surface area contributed by atoms with Gasteiger partial charge in [0.05, 0.1) is 11.4 Å². The predicted molar refractivity (Wildman–Crippen MR) is 101 cm³/mol. The molecule has 2 aromatic rings. The van der Waals surface area contributed by atoms with Gasteiger partial charge in [-0.15, -0.1) is 6.42 Å². The molecule has 0 fully saturated rings. The second-order valence-corrected chi connectivity index (χ2v) is 7.29. The van der Waals surface area contributed by atoms with Crippen LogP contribution in [0, 0.1) is 12.3 Å². The van der Waals surface area contributed by atoms with Crippen molar-refractivity contribution in [3.63, 3.8) is 0 Å². The molecule has 0 aromatic heterocycles. The van der Waals surface area contributed by atoms with Crippen LogP contribution < -0.4 is 15.4 Å². The number of nitrogens with one attached hydrogen (secondary N) is 3. The highest BCUT2D eigenvalue weighted by Crippen LogP contribution is 2.12. The maximum Gasteiger partial charge on any atom is 0.251 e. The fraction of sp³-hybridized carbons (Fsp3) is 0.158. The van der Waals surface area contributed by atoms with Crippen LogP contribution in [-0.4, -0.2) is 33.8 Å². The molecule has 0 aliphatic carbocycles. The monoisotopic (exact) mass is 385 g/mol. The van der Waals surface area contributed by atoms with E-state index in [0.29, 0.717) is 5.56 Å². The van der Waals surface area contributed by atoms with Gasteiger partial charge in [0.1, 0.15) is 0 Å². The van der Waals surface area contributed by atoms with Crippen LogP contribution in [0.3, 0.4) is 0 Å². The Hall–Kier alpha value is -3.15. The van der Waals surface area contributed by atoms with Crippen LogP contribution in [0.15, 0.2) is 53.4 Å². The van der Waals surface area contributed by atoms with Crippen molar-refractivity contribution in [2.45, 2.75) is 11.4 Å². The predicted octanol–water partition coefficient (Wildman–Crippen LogP) is 0.888. The van der Waals surface area contributed by atoms with Gasteiger partial charge in [-0.05, 0) is 35.9 Å². The highest BCUT2D eigenvalue weighted by Gasteiger charge is 2.15. The molecule has 0 aliphatic heterocycles. The molecule has 2 aromatic carbocycles. The van der Waals surface area contributed by atoms with Gasteiger partial charge in [0.15, 0.2) is 0 Å². The van der Waals surface area contributed by atoms with Crippen LogP contribution >= 0.6 is 0 Å². The third-order valence-corrected chi connectivity index (χ3v) is 5.04. The van der Waals surface area contributed by atoms with E-state index in [9.17, 15) is 18.0 Å². The first-order chi connectivity index (χ1) is 12.9. The summed E-state index contributed by atoms with van der Waals surface area (Å²) in [7, 11) is -2.24. The Morgan fingerprint density at radius 1 is 1.04 bits per heavy atom. The van der Waals surface area contributed by atoms with Crippen molar-refractivity contribution in [3.05, 3.63) is 65.2 Å². The van der Waals surface area contributed by atoms with E-state index < -0.39 is 15.9 Å². The van der Waals surface area contributed by atoms with E-state index in [-0.39, 0.29) is 29.5 Å². The average Bonchev–Trinajstić information content (AvgIpc) is 2.70.